The van der Waals surface area contributed by atoms with Crippen LogP contribution in [-0.4, -0.2) is 34.4 Å². The summed E-state index contributed by atoms with van der Waals surface area (Å²) in [7, 11) is 1.67. The van der Waals surface area contributed by atoms with Gasteiger partial charge in [-0.15, -0.1) is 0 Å². The average Bonchev–Trinajstić information content (AvgIpc) is 3.71. The van der Waals surface area contributed by atoms with Crippen LogP contribution in [0.3, 0.4) is 0 Å². The summed E-state index contributed by atoms with van der Waals surface area (Å²) in [6.07, 6.45) is 3.11. The van der Waals surface area contributed by atoms with Crippen LogP contribution in [0.2, 0.25) is 5.02 Å². The number of aromatic nitrogens is 6. The van der Waals surface area contributed by atoms with E-state index in [1.165, 1.54) is 18.6 Å². The van der Waals surface area contributed by atoms with Crippen LogP contribution in [0.1, 0.15) is 44.9 Å². The van der Waals surface area contributed by atoms with Gasteiger partial charge >= 0.3 is 6.18 Å². The number of nitrogens with zero attached hydrogens (tertiary/aromatic N) is 7. The number of aryl methyl sites for hydroxylation is 2. The summed E-state index contributed by atoms with van der Waals surface area (Å²) in [6, 6.07) is 17.0. The van der Waals surface area contributed by atoms with Gasteiger partial charge in [-0.25, -0.2) is 14.6 Å². The Morgan fingerprint density at radius 3 is 2.41 bits per heavy atom. The summed E-state index contributed by atoms with van der Waals surface area (Å²) in [5, 5.41) is 27.4. The van der Waals surface area contributed by atoms with Crippen LogP contribution in [0.25, 0.3) is 16.6 Å². The van der Waals surface area contributed by atoms with Crippen molar-refractivity contribution in [3.8, 4) is 11.8 Å². The summed E-state index contributed by atoms with van der Waals surface area (Å²) in [5.41, 5.74) is 1.17. The smallest absolute Gasteiger partial charge is 0.374 e. The summed E-state index contributed by atoms with van der Waals surface area (Å²) in [6.45, 7) is 1.76. The third kappa shape index (κ3) is 4.98. The second-order valence-corrected chi connectivity index (χ2v) is 10.8. The second kappa shape index (κ2) is 10.9. The van der Waals surface area contributed by atoms with Crippen molar-refractivity contribution < 1.29 is 18.3 Å². The SMILES string of the molecule is Cc1cc(C(O)(c2ccc(C(F)(F)F)nc2)c2cncn2C)cc2c(Cl)c(Cc3ccc(-n4cccn4)cc3)c(C#N)nc12. The van der Waals surface area contributed by atoms with Gasteiger partial charge in [-0.3, -0.25) is 4.98 Å². The first kappa shape index (κ1) is 29.0. The zero-order valence-electron chi connectivity index (χ0n) is 23.4. The van der Waals surface area contributed by atoms with Gasteiger partial charge in [0.05, 0.1) is 34.4 Å². The van der Waals surface area contributed by atoms with E-state index in [1.807, 2.05) is 36.5 Å². The first-order chi connectivity index (χ1) is 21.0. The van der Waals surface area contributed by atoms with E-state index >= 15 is 0 Å². The molecule has 0 saturated carbocycles. The molecule has 0 aliphatic heterocycles. The third-order valence-corrected chi connectivity index (χ3v) is 8.01. The number of hydrogen-bond acceptors (Lipinski definition) is 6. The van der Waals surface area contributed by atoms with Gasteiger partial charge in [0.2, 0.25) is 0 Å². The van der Waals surface area contributed by atoms with Crippen LogP contribution in [0.4, 0.5) is 13.2 Å². The standard InChI is InChI=1S/C32H23ClF3N7O/c1-19-12-22(31(44,28-17-38-18-42(28)2)21-6-9-27(39-16-21)32(34,35)36)14-25-29(33)24(26(15-37)41-30(19)25)13-20-4-7-23(8-5-20)43-11-3-10-40-43/h3-12,14,16-18,44H,13H2,1-2H3. The topological polar surface area (TPSA) is 105 Å². The molecule has 0 aliphatic carbocycles. The molecule has 6 rings (SSSR count). The Morgan fingerprint density at radius 2 is 1.82 bits per heavy atom. The fourth-order valence-electron chi connectivity index (χ4n) is 5.34. The van der Waals surface area contributed by atoms with Gasteiger partial charge in [-0.05, 0) is 53.9 Å². The summed E-state index contributed by atoms with van der Waals surface area (Å²) < 4.78 is 43.2. The van der Waals surface area contributed by atoms with Crippen LogP contribution >= 0.6 is 11.6 Å². The van der Waals surface area contributed by atoms with Gasteiger partial charge in [0.15, 0.2) is 5.60 Å². The first-order valence-corrected chi connectivity index (χ1v) is 13.7. The minimum atomic E-state index is -4.64. The Kier molecular flexibility index (Phi) is 7.19. The zero-order valence-corrected chi connectivity index (χ0v) is 24.1. The number of benzene rings is 2. The molecule has 2 aromatic carbocycles. The molecule has 220 valence electrons. The Hall–Kier alpha value is -5.05. The normalized spacial score (nSPS) is 13.1. The lowest BCUT2D eigenvalue weighted by Crippen LogP contribution is -2.31. The number of alkyl halides is 3. The van der Waals surface area contributed by atoms with Crippen LogP contribution in [0.15, 0.2) is 85.7 Å². The Balaban J connectivity index is 1.50. The minimum Gasteiger partial charge on any atom is -0.374 e. The van der Waals surface area contributed by atoms with Crippen LogP contribution in [0.5, 0.6) is 0 Å². The van der Waals surface area contributed by atoms with Gasteiger partial charge in [0.25, 0.3) is 0 Å². The monoisotopic (exact) mass is 613 g/mol. The van der Waals surface area contributed by atoms with Crippen LogP contribution in [-0.2, 0) is 25.2 Å². The molecule has 0 aliphatic rings. The number of fused-ring (bicyclic) bond motifs is 1. The number of hydrogen-bond donors (Lipinski definition) is 1. The Bertz CT molecular complexity index is 2030. The maximum absolute atomic E-state index is 13.3. The lowest BCUT2D eigenvalue weighted by atomic mass is 9.82. The highest BCUT2D eigenvalue weighted by atomic mass is 35.5. The summed E-state index contributed by atoms with van der Waals surface area (Å²) in [5.74, 6) is 0. The number of aliphatic hydroxyl groups is 1. The molecule has 0 bridgehead atoms. The van der Waals surface area contributed by atoms with E-state index in [2.05, 4.69) is 26.1 Å². The van der Waals surface area contributed by atoms with Gasteiger partial charge in [-0.2, -0.15) is 23.5 Å². The number of pyridine rings is 2. The predicted molar refractivity (Wildman–Crippen MR) is 157 cm³/mol. The molecule has 0 fully saturated rings. The maximum Gasteiger partial charge on any atom is 0.433 e. The van der Waals surface area contributed by atoms with E-state index in [1.54, 1.807) is 41.5 Å². The number of halogens is 4. The van der Waals surface area contributed by atoms with Crippen molar-refractivity contribution in [1.29, 1.82) is 5.26 Å². The van der Waals surface area contributed by atoms with Crippen LogP contribution in [0, 0.1) is 18.3 Å². The van der Waals surface area contributed by atoms with Crippen molar-refractivity contribution in [2.24, 2.45) is 7.05 Å². The number of nitriles is 1. The molecule has 6 aromatic rings. The Labute approximate surface area is 254 Å². The molecule has 12 heteroatoms. The average molecular weight is 614 g/mol. The van der Waals surface area contributed by atoms with Crippen molar-refractivity contribution in [1.82, 2.24) is 29.3 Å². The zero-order chi connectivity index (χ0) is 31.2. The molecule has 8 nitrogen and oxygen atoms in total. The van der Waals surface area contributed by atoms with Crippen molar-refractivity contribution in [2.75, 3.05) is 0 Å². The molecular formula is C32H23ClF3N7O. The van der Waals surface area contributed by atoms with Crippen molar-refractivity contribution in [2.45, 2.75) is 25.1 Å². The molecule has 0 radical (unpaired) electrons. The number of rotatable bonds is 6. The van der Waals surface area contributed by atoms with E-state index < -0.39 is 17.5 Å². The van der Waals surface area contributed by atoms with E-state index in [9.17, 15) is 23.5 Å². The van der Waals surface area contributed by atoms with E-state index in [0.717, 1.165) is 23.5 Å². The lowest BCUT2D eigenvalue weighted by molar-refractivity contribution is -0.141. The first-order valence-electron chi connectivity index (χ1n) is 13.4. The van der Waals surface area contributed by atoms with Crippen molar-refractivity contribution >= 4 is 22.5 Å². The molecule has 44 heavy (non-hydrogen) atoms. The lowest BCUT2D eigenvalue weighted by Gasteiger charge is -2.30. The molecule has 0 amide bonds. The Morgan fingerprint density at radius 1 is 1.05 bits per heavy atom. The fraction of sp³-hybridized carbons (Fsp3) is 0.156. The maximum atomic E-state index is 13.3. The molecule has 0 spiro atoms. The fourth-order valence-corrected chi connectivity index (χ4v) is 5.64. The van der Waals surface area contributed by atoms with E-state index in [4.69, 9.17) is 11.6 Å². The van der Waals surface area contributed by atoms with Crippen LogP contribution < -0.4 is 0 Å². The summed E-state index contributed by atoms with van der Waals surface area (Å²) >= 11 is 7.01. The quantitative estimate of drug-likeness (QED) is 0.237. The highest BCUT2D eigenvalue weighted by molar-refractivity contribution is 6.36. The third-order valence-electron chi connectivity index (χ3n) is 7.58. The van der Waals surface area contributed by atoms with Gasteiger partial charge < -0.3 is 9.67 Å². The molecule has 0 saturated heterocycles. The van der Waals surface area contributed by atoms with Gasteiger partial charge in [0, 0.05) is 48.6 Å². The minimum absolute atomic E-state index is 0.100. The molecular weight excluding hydrogens is 591 g/mol. The van der Waals surface area contributed by atoms with E-state index in [0.29, 0.717) is 39.7 Å². The second-order valence-electron chi connectivity index (χ2n) is 10.4. The largest absolute Gasteiger partial charge is 0.433 e. The van der Waals surface area contributed by atoms with Gasteiger partial charge in [-0.1, -0.05) is 35.9 Å². The molecule has 4 aromatic heterocycles. The van der Waals surface area contributed by atoms with Crippen molar-refractivity contribution in [3.63, 3.8) is 0 Å². The molecule has 1 N–H and O–H groups in total. The predicted octanol–water partition coefficient (Wildman–Crippen LogP) is 6.28. The highest BCUT2D eigenvalue weighted by Crippen LogP contribution is 2.41. The number of imidazole rings is 1. The molecule has 4 heterocycles. The van der Waals surface area contributed by atoms with E-state index in [-0.39, 0.29) is 16.3 Å². The highest BCUT2D eigenvalue weighted by Gasteiger charge is 2.39. The molecule has 1 atom stereocenters. The summed E-state index contributed by atoms with van der Waals surface area (Å²) in [4.78, 5) is 12.3. The van der Waals surface area contributed by atoms with Crippen molar-refractivity contribution in [3.05, 3.63) is 136 Å². The van der Waals surface area contributed by atoms with Gasteiger partial charge in [0.1, 0.15) is 17.5 Å². The molecule has 1 unspecified atom stereocenters.